The molecule has 0 amide bonds. The highest BCUT2D eigenvalue weighted by Gasteiger charge is 2.44. The van der Waals surface area contributed by atoms with Gasteiger partial charge in [-0.1, -0.05) is 0 Å². The number of Topliss-reactive ketones (excluding diaryl/α,β-unsaturated/α-hetero) is 1. The standard InChI is InChI=1S/C10H12O9/c11-2-1-6(12)5-19-10(9(17)18,3-7(13)14)4-8(15)16/h2H,1,3-5H2,(H,13,14)(H,15,16)(H,17,18). The number of hydrogen-bond donors (Lipinski definition) is 3. The molecule has 0 saturated carbocycles. The topological polar surface area (TPSA) is 155 Å². The number of hydrogen-bond acceptors (Lipinski definition) is 6. The number of carbonyl (C=O) groups is 5. The van der Waals surface area contributed by atoms with Crippen LogP contribution in [0.25, 0.3) is 0 Å². The fraction of sp³-hybridized carbons (Fsp3) is 0.500. The Morgan fingerprint density at radius 2 is 1.47 bits per heavy atom. The average Bonchev–Trinajstić information content (AvgIpc) is 2.24. The summed E-state index contributed by atoms with van der Waals surface area (Å²) in [5.74, 6) is -5.77. The summed E-state index contributed by atoms with van der Waals surface area (Å²) in [6.07, 6.45) is -2.51. The molecule has 0 aromatic carbocycles. The zero-order valence-corrected chi connectivity index (χ0v) is 9.70. The van der Waals surface area contributed by atoms with Gasteiger partial charge in [0.2, 0.25) is 0 Å². The molecule has 19 heavy (non-hydrogen) atoms. The molecule has 0 fully saturated rings. The van der Waals surface area contributed by atoms with E-state index in [0.717, 1.165) is 0 Å². The number of aliphatic carboxylic acids is 3. The smallest absolute Gasteiger partial charge is 0.337 e. The van der Waals surface area contributed by atoms with Crippen LogP contribution in [0.5, 0.6) is 0 Å². The molecule has 0 aliphatic carbocycles. The lowest BCUT2D eigenvalue weighted by Crippen LogP contribution is -2.46. The number of ketones is 1. The number of aldehydes is 1. The van der Waals surface area contributed by atoms with Gasteiger partial charge in [0.05, 0.1) is 19.3 Å². The van der Waals surface area contributed by atoms with Crippen molar-refractivity contribution in [3.63, 3.8) is 0 Å². The van der Waals surface area contributed by atoms with E-state index in [1.54, 1.807) is 0 Å². The number of rotatable bonds is 10. The fourth-order valence-electron chi connectivity index (χ4n) is 1.24. The first-order valence-electron chi connectivity index (χ1n) is 5.00. The van der Waals surface area contributed by atoms with E-state index in [2.05, 4.69) is 4.74 Å². The van der Waals surface area contributed by atoms with Crippen LogP contribution in [0.3, 0.4) is 0 Å². The SMILES string of the molecule is O=CCC(=O)COC(CC(=O)O)(CC(=O)O)C(=O)O. The summed E-state index contributed by atoms with van der Waals surface area (Å²) in [4.78, 5) is 53.3. The van der Waals surface area contributed by atoms with Crippen LogP contribution in [0.4, 0.5) is 0 Å². The lowest BCUT2D eigenvalue weighted by Gasteiger charge is -2.25. The molecule has 0 heterocycles. The maximum absolute atomic E-state index is 11.0. The highest BCUT2D eigenvalue weighted by molar-refractivity contribution is 5.92. The van der Waals surface area contributed by atoms with Crippen LogP contribution in [0.15, 0.2) is 0 Å². The van der Waals surface area contributed by atoms with Crippen LogP contribution in [0.1, 0.15) is 19.3 Å². The summed E-state index contributed by atoms with van der Waals surface area (Å²) in [5.41, 5.74) is -2.55. The van der Waals surface area contributed by atoms with Crippen LogP contribution < -0.4 is 0 Å². The Hall–Kier alpha value is -2.29. The highest BCUT2D eigenvalue weighted by atomic mass is 16.5. The third-order valence-corrected chi connectivity index (χ3v) is 2.08. The van der Waals surface area contributed by atoms with Crippen LogP contribution in [0.2, 0.25) is 0 Å². The first-order chi connectivity index (χ1) is 8.73. The Morgan fingerprint density at radius 3 is 1.79 bits per heavy atom. The molecule has 0 spiro atoms. The zero-order valence-electron chi connectivity index (χ0n) is 9.70. The van der Waals surface area contributed by atoms with E-state index in [4.69, 9.17) is 15.3 Å². The van der Waals surface area contributed by atoms with Crippen molar-refractivity contribution < 1.29 is 44.0 Å². The highest BCUT2D eigenvalue weighted by Crippen LogP contribution is 2.22. The summed E-state index contributed by atoms with van der Waals surface area (Å²) >= 11 is 0. The Kier molecular flexibility index (Phi) is 6.34. The molecule has 0 aliphatic rings. The van der Waals surface area contributed by atoms with Gasteiger partial charge < -0.3 is 24.9 Å². The van der Waals surface area contributed by atoms with Crippen molar-refractivity contribution in [3.05, 3.63) is 0 Å². The molecule has 0 saturated heterocycles. The zero-order chi connectivity index (χ0) is 15.1. The lowest BCUT2D eigenvalue weighted by molar-refractivity contribution is -0.179. The lowest BCUT2D eigenvalue weighted by atomic mass is 9.95. The van der Waals surface area contributed by atoms with Crippen molar-refractivity contribution in [3.8, 4) is 0 Å². The summed E-state index contributed by atoms with van der Waals surface area (Å²) in [6.45, 7) is -0.856. The Morgan fingerprint density at radius 1 is 1.00 bits per heavy atom. The van der Waals surface area contributed by atoms with E-state index in [-0.39, 0.29) is 6.29 Å². The predicted octanol–water partition coefficient (Wildman–Crippen LogP) is -1.07. The molecule has 9 nitrogen and oxygen atoms in total. The molecule has 3 N–H and O–H groups in total. The molecule has 0 rings (SSSR count). The van der Waals surface area contributed by atoms with Crippen molar-refractivity contribution in [2.75, 3.05) is 6.61 Å². The number of ether oxygens (including phenoxy) is 1. The van der Waals surface area contributed by atoms with Gasteiger partial charge in [-0.3, -0.25) is 14.4 Å². The third kappa shape index (κ3) is 5.73. The maximum Gasteiger partial charge on any atom is 0.337 e. The van der Waals surface area contributed by atoms with Crippen LogP contribution >= 0.6 is 0 Å². The largest absolute Gasteiger partial charge is 0.481 e. The van der Waals surface area contributed by atoms with Crippen LogP contribution in [-0.4, -0.2) is 57.5 Å². The van der Waals surface area contributed by atoms with Crippen molar-refractivity contribution in [1.29, 1.82) is 0 Å². The Labute approximate surface area is 106 Å². The van der Waals surface area contributed by atoms with Gasteiger partial charge in [0.25, 0.3) is 0 Å². The average molecular weight is 276 g/mol. The minimum atomic E-state index is -2.55. The third-order valence-electron chi connectivity index (χ3n) is 2.08. The van der Waals surface area contributed by atoms with Crippen LogP contribution in [-0.2, 0) is 28.7 Å². The van der Waals surface area contributed by atoms with Gasteiger partial charge in [0, 0.05) is 0 Å². The van der Waals surface area contributed by atoms with E-state index in [1.165, 1.54) is 0 Å². The quantitative estimate of drug-likeness (QED) is 0.334. The van der Waals surface area contributed by atoms with E-state index in [0.29, 0.717) is 0 Å². The normalized spacial score (nSPS) is 10.7. The summed E-state index contributed by atoms with van der Waals surface area (Å²) in [6, 6.07) is 0. The molecular weight excluding hydrogens is 264 g/mol. The minimum Gasteiger partial charge on any atom is -0.481 e. The molecule has 9 heteroatoms. The predicted molar refractivity (Wildman–Crippen MR) is 56.5 cm³/mol. The molecule has 0 aliphatic heterocycles. The number of carboxylic acid groups (broad SMARTS) is 3. The van der Waals surface area contributed by atoms with E-state index >= 15 is 0 Å². The molecule has 106 valence electrons. The summed E-state index contributed by atoms with van der Waals surface area (Å²) < 4.78 is 4.66. The van der Waals surface area contributed by atoms with Gasteiger partial charge in [0.1, 0.15) is 12.9 Å². The van der Waals surface area contributed by atoms with Crippen molar-refractivity contribution in [1.82, 2.24) is 0 Å². The van der Waals surface area contributed by atoms with Gasteiger partial charge in [-0.05, 0) is 0 Å². The molecule has 0 radical (unpaired) electrons. The van der Waals surface area contributed by atoms with E-state index in [9.17, 15) is 24.0 Å². The molecule has 0 unspecified atom stereocenters. The maximum atomic E-state index is 11.0. The van der Waals surface area contributed by atoms with Crippen molar-refractivity contribution >= 4 is 30.0 Å². The minimum absolute atomic E-state index is 0.266. The van der Waals surface area contributed by atoms with Gasteiger partial charge in [-0.25, -0.2) is 4.79 Å². The van der Waals surface area contributed by atoms with E-state index in [1.807, 2.05) is 0 Å². The van der Waals surface area contributed by atoms with Gasteiger partial charge in [-0.15, -0.1) is 0 Å². The Balaban J connectivity index is 5.04. The van der Waals surface area contributed by atoms with Crippen LogP contribution in [0, 0.1) is 0 Å². The fourth-order valence-corrected chi connectivity index (χ4v) is 1.24. The molecule has 0 aromatic rings. The first kappa shape index (κ1) is 16.7. The second-order valence-electron chi connectivity index (χ2n) is 3.64. The number of carboxylic acids is 3. The Bertz CT molecular complexity index is 382. The molecule has 0 atom stereocenters. The van der Waals surface area contributed by atoms with Gasteiger partial charge in [-0.2, -0.15) is 0 Å². The summed E-state index contributed by atoms with van der Waals surface area (Å²) in [7, 11) is 0. The second kappa shape index (κ2) is 7.21. The monoisotopic (exact) mass is 276 g/mol. The van der Waals surface area contributed by atoms with E-state index < -0.39 is 55.2 Å². The molecule has 0 aromatic heterocycles. The van der Waals surface area contributed by atoms with Crippen molar-refractivity contribution in [2.45, 2.75) is 24.9 Å². The molecule has 0 bridgehead atoms. The van der Waals surface area contributed by atoms with Crippen molar-refractivity contribution in [2.24, 2.45) is 0 Å². The summed E-state index contributed by atoms with van der Waals surface area (Å²) in [5, 5.41) is 26.1. The second-order valence-corrected chi connectivity index (χ2v) is 3.64. The van der Waals surface area contributed by atoms with Gasteiger partial charge in [0.15, 0.2) is 11.4 Å². The number of carbonyl (C=O) groups excluding carboxylic acids is 2. The molecular formula is C10H12O9. The first-order valence-corrected chi connectivity index (χ1v) is 5.00. The van der Waals surface area contributed by atoms with Gasteiger partial charge >= 0.3 is 17.9 Å².